The zero-order valence-electron chi connectivity index (χ0n) is 16.9. The van der Waals surface area contributed by atoms with Crippen molar-refractivity contribution in [1.29, 1.82) is 0 Å². The number of aromatic nitrogens is 3. The van der Waals surface area contributed by atoms with Crippen molar-refractivity contribution in [2.45, 2.75) is 12.6 Å². The van der Waals surface area contributed by atoms with Crippen LogP contribution in [-0.2, 0) is 12.6 Å². The number of benzene rings is 2. The molecule has 2 aromatic carbocycles. The average Bonchev–Trinajstić information content (AvgIpc) is 3.29. The van der Waals surface area contributed by atoms with Crippen LogP contribution in [0.2, 0.25) is 0 Å². The maximum Gasteiger partial charge on any atom is 0.416 e. The highest BCUT2D eigenvalue weighted by atomic mass is 19.4. The standard InChI is InChI=1S/C24H19F3N4O/c25-24(26,27)17-7-5-6-16(14-17)21-15-22(31-30-21)19-9-1-2-10-20(19)23(32)29-13-11-18-8-3-4-12-28-18/h1-10,12,14-15H,11,13H2,(H,29,32)(H,30,31). The summed E-state index contributed by atoms with van der Waals surface area (Å²) in [6, 6.07) is 19.2. The number of halogens is 3. The molecule has 2 aromatic heterocycles. The van der Waals surface area contributed by atoms with E-state index in [1.54, 1.807) is 42.6 Å². The predicted molar refractivity (Wildman–Crippen MR) is 115 cm³/mol. The van der Waals surface area contributed by atoms with Gasteiger partial charge in [0, 0.05) is 41.5 Å². The zero-order chi connectivity index (χ0) is 22.6. The third-order valence-electron chi connectivity index (χ3n) is 4.92. The fourth-order valence-electron chi connectivity index (χ4n) is 3.32. The van der Waals surface area contributed by atoms with Crippen molar-refractivity contribution < 1.29 is 18.0 Å². The lowest BCUT2D eigenvalue weighted by Crippen LogP contribution is -2.26. The first-order valence-electron chi connectivity index (χ1n) is 9.92. The highest BCUT2D eigenvalue weighted by Gasteiger charge is 2.30. The SMILES string of the molecule is O=C(NCCc1ccccn1)c1ccccc1-c1cc(-c2cccc(C(F)(F)F)c2)[nH]n1. The summed E-state index contributed by atoms with van der Waals surface area (Å²) in [5.41, 5.74) is 2.39. The van der Waals surface area contributed by atoms with Crippen molar-refractivity contribution in [3.63, 3.8) is 0 Å². The van der Waals surface area contributed by atoms with E-state index in [4.69, 9.17) is 0 Å². The van der Waals surface area contributed by atoms with Crippen LogP contribution >= 0.6 is 0 Å². The topological polar surface area (TPSA) is 70.7 Å². The number of amides is 1. The van der Waals surface area contributed by atoms with Crippen molar-refractivity contribution in [1.82, 2.24) is 20.5 Å². The van der Waals surface area contributed by atoms with Gasteiger partial charge in [0.2, 0.25) is 0 Å². The van der Waals surface area contributed by atoms with Gasteiger partial charge in [-0.15, -0.1) is 0 Å². The first-order valence-corrected chi connectivity index (χ1v) is 9.92. The summed E-state index contributed by atoms with van der Waals surface area (Å²) in [4.78, 5) is 17.0. The first-order chi connectivity index (χ1) is 15.4. The lowest BCUT2D eigenvalue weighted by molar-refractivity contribution is -0.137. The van der Waals surface area contributed by atoms with E-state index in [0.29, 0.717) is 41.0 Å². The van der Waals surface area contributed by atoms with E-state index < -0.39 is 11.7 Å². The number of hydrogen-bond acceptors (Lipinski definition) is 3. The molecule has 162 valence electrons. The highest BCUT2D eigenvalue weighted by molar-refractivity contribution is 6.00. The molecule has 4 rings (SSSR count). The largest absolute Gasteiger partial charge is 0.416 e. The summed E-state index contributed by atoms with van der Waals surface area (Å²) in [6.45, 7) is 0.417. The number of rotatable bonds is 6. The second-order valence-electron chi connectivity index (χ2n) is 7.12. The van der Waals surface area contributed by atoms with Crippen LogP contribution in [0.4, 0.5) is 13.2 Å². The molecule has 1 amide bonds. The third-order valence-corrected chi connectivity index (χ3v) is 4.92. The second-order valence-corrected chi connectivity index (χ2v) is 7.12. The quantitative estimate of drug-likeness (QED) is 0.440. The molecule has 0 bridgehead atoms. The molecule has 0 fully saturated rings. The molecule has 0 saturated carbocycles. The molecule has 0 unspecified atom stereocenters. The van der Waals surface area contributed by atoms with Gasteiger partial charge < -0.3 is 5.32 Å². The van der Waals surface area contributed by atoms with Crippen molar-refractivity contribution in [3.8, 4) is 22.5 Å². The Balaban J connectivity index is 1.53. The van der Waals surface area contributed by atoms with Crippen molar-refractivity contribution >= 4 is 5.91 Å². The molecule has 4 aromatic rings. The van der Waals surface area contributed by atoms with E-state index in [0.717, 1.165) is 17.8 Å². The van der Waals surface area contributed by atoms with E-state index in [2.05, 4.69) is 20.5 Å². The number of aromatic amines is 1. The van der Waals surface area contributed by atoms with Gasteiger partial charge >= 0.3 is 6.18 Å². The highest BCUT2D eigenvalue weighted by Crippen LogP contribution is 2.33. The number of alkyl halides is 3. The Morgan fingerprint density at radius 1 is 0.969 bits per heavy atom. The van der Waals surface area contributed by atoms with Crippen LogP contribution in [0.15, 0.2) is 79.0 Å². The van der Waals surface area contributed by atoms with Gasteiger partial charge in [-0.3, -0.25) is 14.9 Å². The summed E-state index contributed by atoms with van der Waals surface area (Å²) >= 11 is 0. The number of hydrogen-bond donors (Lipinski definition) is 2. The molecule has 0 atom stereocenters. The van der Waals surface area contributed by atoms with Crippen LogP contribution in [0.5, 0.6) is 0 Å². The molecule has 5 nitrogen and oxygen atoms in total. The van der Waals surface area contributed by atoms with E-state index in [-0.39, 0.29) is 5.91 Å². The van der Waals surface area contributed by atoms with Gasteiger partial charge in [0.1, 0.15) is 0 Å². The fourth-order valence-corrected chi connectivity index (χ4v) is 3.32. The number of pyridine rings is 1. The smallest absolute Gasteiger partial charge is 0.352 e. The first kappa shape index (κ1) is 21.3. The summed E-state index contributed by atoms with van der Waals surface area (Å²) < 4.78 is 39.1. The van der Waals surface area contributed by atoms with Crippen molar-refractivity contribution in [2.24, 2.45) is 0 Å². The van der Waals surface area contributed by atoms with Crippen molar-refractivity contribution in [2.75, 3.05) is 6.54 Å². The van der Waals surface area contributed by atoms with Crippen molar-refractivity contribution in [3.05, 3.63) is 95.8 Å². The molecule has 0 aliphatic heterocycles. The number of carbonyl (C=O) groups is 1. The Morgan fingerprint density at radius 3 is 2.56 bits per heavy atom. The second kappa shape index (κ2) is 9.05. The van der Waals surface area contributed by atoms with Crippen LogP contribution < -0.4 is 5.32 Å². The Labute approximate surface area is 182 Å². The van der Waals surface area contributed by atoms with Crippen LogP contribution in [0.25, 0.3) is 22.5 Å². The fraction of sp³-hybridized carbons (Fsp3) is 0.125. The van der Waals surface area contributed by atoms with Crippen LogP contribution in [0.1, 0.15) is 21.6 Å². The minimum atomic E-state index is -4.43. The van der Waals surface area contributed by atoms with Gasteiger partial charge in [-0.2, -0.15) is 18.3 Å². The van der Waals surface area contributed by atoms with E-state index >= 15 is 0 Å². The van der Waals surface area contributed by atoms with E-state index in [9.17, 15) is 18.0 Å². The molecule has 0 aliphatic rings. The molecule has 32 heavy (non-hydrogen) atoms. The van der Waals surface area contributed by atoms with Gasteiger partial charge in [-0.25, -0.2) is 0 Å². The van der Waals surface area contributed by atoms with Crippen LogP contribution in [-0.4, -0.2) is 27.6 Å². The summed E-state index contributed by atoms with van der Waals surface area (Å²) in [6.07, 6.45) is -2.14. The minimum Gasteiger partial charge on any atom is -0.352 e. The normalized spacial score (nSPS) is 11.3. The molecule has 2 N–H and O–H groups in total. The van der Waals surface area contributed by atoms with Gasteiger partial charge in [0.25, 0.3) is 5.91 Å². The third kappa shape index (κ3) is 4.85. The lowest BCUT2D eigenvalue weighted by atomic mass is 10.0. The number of H-pyrrole nitrogens is 1. The summed E-state index contributed by atoms with van der Waals surface area (Å²) in [5.74, 6) is -0.264. The molecule has 0 radical (unpaired) electrons. The number of nitrogens with one attached hydrogen (secondary N) is 2. The molecule has 2 heterocycles. The Bertz CT molecular complexity index is 1220. The van der Waals surface area contributed by atoms with Gasteiger partial charge in [-0.05, 0) is 36.4 Å². The van der Waals surface area contributed by atoms with Gasteiger partial charge in [0.15, 0.2) is 0 Å². The molecular weight excluding hydrogens is 417 g/mol. The van der Waals surface area contributed by atoms with E-state index in [1.807, 2.05) is 18.2 Å². The van der Waals surface area contributed by atoms with Gasteiger partial charge in [-0.1, -0.05) is 36.4 Å². The monoisotopic (exact) mass is 436 g/mol. The Hall–Kier alpha value is -3.94. The minimum absolute atomic E-state index is 0.264. The van der Waals surface area contributed by atoms with Crippen LogP contribution in [0.3, 0.4) is 0 Å². The Morgan fingerprint density at radius 2 is 1.78 bits per heavy atom. The molecule has 0 aliphatic carbocycles. The average molecular weight is 436 g/mol. The molecular formula is C24H19F3N4O. The lowest BCUT2D eigenvalue weighted by Gasteiger charge is -2.09. The van der Waals surface area contributed by atoms with E-state index in [1.165, 1.54) is 6.07 Å². The summed E-state index contributed by atoms with van der Waals surface area (Å²) in [5, 5.41) is 9.88. The predicted octanol–water partition coefficient (Wildman–Crippen LogP) is 5.13. The Kier molecular flexibility index (Phi) is 6.02. The molecule has 0 spiro atoms. The number of nitrogens with zero attached hydrogens (tertiary/aromatic N) is 2. The maximum atomic E-state index is 13.0. The number of carbonyl (C=O) groups excluding carboxylic acids is 1. The zero-order valence-corrected chi connectivity index (χ0v) is 16.9. The van der Waals surface area contributed by atoms with Gasteiger partial charge in [0.05, 0.1) is 17.0 Å². The molecule has 0 saturated heterocycles. The maximum absolute atomic E-state index is 13.0. The molecule has 8 heteroatoms. The van der Waals surface area contributed by atoms with Crippen LogP contribution in [0, 0.1) is 0 Å². The summed E-state index contributed by atoms with van der Waals surface area (Å²) in [7, 11) is 0.